The first-order chi connectivity index (χ1) is 11.9. The average molecular weight is 343 g/mol. The summed E-state index contributed by atoms with van der Waals surface area (Å²) in [6.07, 6.45) is 0.847. The van der Waals surface area contributed by atoms with Gasteiger partial charge in [0.25, 0.3) is 11.8 Å². The van der Waals surface area contributed by atoms with E-state index in [0.717, 1.165) is 24.4 Å². The summed E-state index contributed by atoms with van der Waals surface area (Å²) in [4.78, 5) is 39.5. The maximum absolute atomic E-state index is 13.0. The van der Waals surface area contributed by atoms with Gasteiger partial charge in [-0.25, -0.2) is 0 Å². The summed E-state index contributed by atoms with van der Waals surface area (Å²) in [5.74, 6) is -0.865. The number of benzene rings is 1. The minimum atomic E-state index is -0.797. The van der Waals surface area contributed by atoms with Crippen LogP contribution in [0.15, 0.2) is 24.3 Å². The van der Waals surface area contributed by atoms with E-state index in [1.54, 1.807) is 24.3 Å². The van der Waals surface area contributed by atoms with Crippen molar-refractivity contribution in [2.45, 2.75) is 39.3 Å². The number of carbonyl (C=O) groups excluding carboxylic acids is 3. The van der Waals surface area contributed by atoms with Crippen molar-refractivity contribution in [1.29, 1.82) is 0 Å². The first-order valence-electron chi connectivity index (χ1n) is 8.89. The Balaban J connectivity index is 1.83. The Morgan fingerprint density at radius 2 is 1.80 bits per heavy atom. The van der Waals surface area contributed by atoms with Crippen molar-refractivity contribution in [1.82, 2.24) is 15.5 Å². The molecule has 6 heteroatoms. The molecule has 0 saturated carbocycles. The van der Waals surface area contributed by atoms with E-state index in [9.17, 15) is 14.4 Å². The highest BCUT2D eigenvalue weighted by molar-refractivity contribution is 6.22. The second-order valence-electron chi connectivity index (χ2n) is 7.30. The number of imide groups is 1. The van der Waals surface area contributed by atoms with E-state index >= 15 is 0 Å². The largest absolute Gasteiger partial charge is 0.351 e. The van der Waals surface area contributed by atoms with Crippen molar-refractivity contribution >= 4 is 17.7 Å². The van der Waals surface area contributed by atoms with Crippen LogP contribution in [0.25, 0.3) is 0 Å². The molecule has 2 heterocycles. The van der Waals surface area contributed by atoms with Gasteiger partial charge < -0.3 is 10.6 Å². The lowest BCUT2D eigenvalue weighted by atomic mass is 9.94. The van der Waals surface area contributed by atoms with E-state index in [-0.39, 0.29) is 29.7 Å². The van der Waals surface area contributed by atoms with Crippen molar-refractivity contribution in [3.63, 3.8) is 0 Å². The normalized spacial score (nSPS) is 24.4. The van der Waals surface area contributed by atoms with E-state index in [1.165, 1.54) is 0 Å². The highest BCUT2D eigenvalue weighted by Crippen LogP contribution is 2.27. The summed E-state index contributed by atoms with van der Waals surface area (Å²) in [6, 6.07) is 6.00. The third-order valence-electron chi connectivity index (χ3n) is 5.12. The number of fused-ring (bicyclic) bond motifs is 1. The van der Waals surface area contributed by atoms with Crippen LogP contribution in [0.4, 0.5) is 0 Å². The molecule has 6 nitrogen and oxygen atoms in total. The van der Waals surface area contributed by atoms with Crippen molar-refractivity contribution in [3.8, 4) is 0 Å². The molecule has 1 saturated heterocycles. The van der Waals surface area contributed by atoms with Crippen LogP contribution < -0.4 is 10.6 Å². The lowest BCUT2D eigenvalue weighted by molar-refractivity contribution is -0.127. The minimum Gasteiger partial charge on any atom is -0.351 e. The molecule has 134 valence electrons. The van der Waals surface area contributed by atoms with E-state index in [2.05, 4.69) is 17.6 Å². The molecule has 2 N–H and O–H groups in total. The molecule has 25 heavy (non-hydrogen) atoms. The molecule has 3 rings (SSSR count). The predicted octanol–water partition coefficient (Wildman–Crippen LogP) is 1.42. The lowest BCUT2D eigenvalue weighted by Gasteiger charge is -2.34. The van der Waals surface area contributed by atoms with Gasteiger partial charge in [0.15, 0.2) is 0 Å². The summed E-state index contributed by atoms with van der Waals surface area (Å²) < 4.78 is 0. The smallest absolute Gasteiger partial charge is 0.262 e. The molecule has 0 radical (unpaired) electrons. The highest BCUT2D eigenvalue weighted by atomic mass is 16.2. The van der Waals surface area contributed by atoms with Crippen molar-refractivity contribution in [2.75, 3.05) is 13.1 Å². The fourth-order valence-corrected chi connectivity index (χ4v) is 3.68. The first-order valence-corrected chi connectivity index (χ1v) is 8.89. The van der Waals surface area contributed by atoms with Gasteiger partial charge in [-0.05, 0) is 43.5 Å². The summed E-state index contributed by atoms with van der Waals surface area (Å²) in [7, 11) is 0. The van der Waals surface area contributed by atoms with Crippen molar-refractivity contribution < 1.29 is 14.4 Å². The Morgan fingerprint density at radius 1 is 1.20 bits per heavy atom. The molecule has 1 aromatic rings. The molecular formula is C19H25N3O3. The topological polar surface area (TPSA) is 78.5 Å². The number of rotatable bonds is 4. The predicted molar refractivity (Wildman–Crippen MR) is 94.1 cm³/mol. The molecule has 3 unspecified atom stereocenters. The molecule has 1 aromatic carbocycles. The standard InChI is InChI=1S/C19H25N3O3/c1-11(2)16(17(23)21-15-8-9-20-10-12(15)3)22-18(24)13-6-4-5-7-14(13)19(22)25/h4-7,11-12,15-16,20H,8-10H2,1-3H3,(H,21,23). The van der Waals surface area contributed by atoms with Crippen LogP contribution in [0.5, 0.6) is 0 Å². The number of nitrogens with zero attached hydrogens (tertiary/aromatic N) is 1. The Hall–Kier alpha value is -2.21. The fourth-order valence-electron chi connectivity index (χ4n) is 3.68. The zero-order valence-corrected chi connectivity index (χ0v) is 14.9. The van der Waals surface area contributed by atoms with E-state index in [1.807, 2.05) is 13.8 Å². The monoisotopic (exact) mass is 343 g/mol. The maximum atomic E-state index is 13.0. The second-order valence-corrected chi connectivity index (χ2v) is 7.30. The van der Waals surface area contributed by atoms with Gasteiger partial charge in [0.1, 0.15) is 6.04 Å². The Bertz CT molecular complexity index is 666. The van der Waals surface area contributed by atoms with Crippen molar-refractivity contribution in [2.24, 2.45) is 11.8 Å². The van der Waals surface area contributed by atoms with Gasteiger partial charge in [-0.3, -0.25) is 19.3 Å². The number of hydrogen-bond acceptors (Lipinski definition) is 4. The molecule has 1 fully saturated rings. The van der Waals surface area contributed by atoms with E-state index in [0.29, 0.717) is 17.0 Å². The SMILES string of the molecule is CC(C)C(C(=O)NC1CCNCC1C)N1C(=O)c2ccccc2C1=O. The summed E-state index contributed by atoms with van der Waals surface area (Å²) in [6.45, 7) is 7.52. The van der Waals surface area contributed by atoms with Crippen LogP contribution in [-0.2, 0) is 4.79 Å². The van der Waals surface area contributed by atoms with Crippen LogP contribution >= 0.6 is 0 Å². The number of nitrogens with one attached hydrogen (secondary N) is 2. The maximum Gasteiger partial charge on any atom is 0.262 e. The number of piperidine rings is 1. The van der Waals surface area contributed by atoms with Crippen LogP contribution in [0, 0.1) is 11.8 Å². The van der Waals surface area contributed by atoms with Gasteiger partial charge in [0.2, 0.25) is 5.91 Å². The molecule has 3 amide bonds. The molecule has 0 spiro atoms. The Morgan fingerprint density at radius 3 is 2.32 bits per heavy atom. The van der Waals surface area contributed by atoms with Crippen LogP contribution in [0.1, 0.15) is 47.9 Å². The summed E-state index contributed by atoms with van der Waals surface area (Å²) in [5.41, 5.74) is 0.752. The quantitative estimate of drug-likeness (QED) is 0.811. The summed E-state index contributed by atoms with van der Waals surface area (Å²) in [5, 5.41) is 6.37. The van der Waals surface area contributed by atoms with Crippen LogP contribution in [-0.4, -0.2) is 47.8 Å². The Labute approximate surface area is 148 Å². The van der Waals surface area contributed by atoms with Crippen LogP contribution in [0.2, 0.25) is 0 Å². The molecule has 0 bridgehead atoms. The third kappa shape index (κ3) is 3.18. The molecule has 0 aromatic heterocycles. The minimum absolute atomic E-state index is 0.0604. The first kappa shape index (κ1) is 17.6. The van der Waals surface area contributed by atoms with Gasteiger partial charge in [-0.1, -0.05) is 32.9 Å². The van der Waals surface area contributed by atoms with Gasteiger partial charge in [-0.15, -0.1) is 0 Å². The number of carbonyl (C=O) groups is 3. The van der Waals surface area contributed by atoms with Gasteiger partial charge in [0.05, 0.1) is 11.1 Å². The third-order valence-corrected chi connectivity index (χ3v) is 5.12. The molecule has 0 aliphatic carbocycles. The fraction of sp³-hybridized carbons (Fsp3) is 0.526. The zero-order valence-electron chi connectivity index (χ0n) is 14.9. The van der Waals surface area contributed by atoms with Crippen molar-refractivity contribution in [3.05, 3.63) is 35.4 Å². The van der Waals surface area contributed by atoms with Gasteiger partial charge in [-0.2, -0.15) is 0 Å². The molecule has 3 atom stereocenters. The number of amides is 3. The van der Waals surface area contributed by atoms with E-state index in [4.69, 9.17) is 0 Å². The summed E-state index contributed by atoms with van der Waals surface area (Å²) >= 11 is 0. The zero-order chi connectivity index (χ0) is 18.1. The molecule has 2 aliphatic rings. The lowest BCUT2D eigenvalue weighted by Crippen LogP contribution is -2.57. The van der Waals surface area contributed by atoms with Crippen LogP contribution in [0.3, 0.4) is 0 Å². The average Bonchev–Trinajstić information content (AvgIpc) is 2.83. The number of hydrogen-bond donors (Lipinski definition) is 2. The molecule has 2 aliphatic heterocycles. The van der Waals surface area contributed by atoms with E-state index < -0.39 is 6.04 Å². The molecular weight excluding hydrogens is 318 g/mol. The Kier molecular flexibility index (Phi) is 4.90. The second kappa shape index (κ2) is 6.96. The van der Waals surface area contributed by atoms with Gasteiger partial charge >= 0.3 is 0 Å². The van der Waals surface area contributed by atoms with Gasteiger partial charge in [0, 0.05) is 6.04 Å². The highest BCUT2D eigenvalue weighted by Gasteiger charge is 2.44.